The van der Waals surface area contributed by atoms with Crippen LogP contribution in [0, 0.1) is 0 Å². The number of rotatable bonds is 5. The van der Waals surface area contributed by atoms with Gasteiger partial charge >= 0.3 is 0 Å². The normalized spacial score (nSPS) is 12.6. The Balaban J connectivity index is 1.95. The van der Waals surface area contributed by atoms with Crippen LogP contribution in [0.5, 0.6) is 0 Å². The highest BCUT2D eigenvalue weighted by atomic mass is 16.2. The predicted octanol–water partition coefficient (Wildman–Crippen LogP) is 2.81. The molecule has 0 aliphatic carbocycles. The van der Waals surface area contributed by atoms with E-state index in [1.54, 1.807) is 0 Å². The number of aliphatic imine (C=N–C) groups is 1. The summed E-state index contributed by atoms with van der Waals surface area (Å²) in [7, 11) is 3.89. The SMILES string of the molecule is CC(=Nc1ccc(NC(=O)C(N)Cc2ccccc2)cc1)N(C)C. The van der Waals surface area contributed by atoms with Crippen molar-refractivity contribution in [3.63, 3.8) is 0 Å². The Hall–Kier alpha value is -2.66. The van der Waals surface area contributed by atoms with E-state index >= 15 is 0 Å². The summed E-state index contributed by atoms with van der Waals surface area (Å²) < 4.78 is 0. The Morgan fingerprint density at radius 2 is 1.75 bits per heavy atom. The average molecular weight is 324 g/mol. The Bertz CT molecular complexity index is 693. The van der Waals surface area contributed by atoms with Crippen LogP contribution in [0.2, 0.25) is 0 Å². The molecule has 0 bridgehead atoms. The smallest absolute Gasteiger partial charge is 0.241 e. The summed E-state index contributed by atoms with van der Waals surface area (Å²) in [5.41, 5.74) is 8.59. The first kappa shape index (κ1) is 17.7. The number of amidine groups is 1. The molecule has 0 aliphatic heterocycles. The van der Waals surface area contributed by atoms with Crippen LogP contribution >= 0.6 is 0 Å². The highest BCUT2D eigenvalue weighted by Crippen LogP contribution is 2.17. The summed E-state index contributed by atoms with van der Waals surface area (Å²) in [6.45, 7) is 1.94. The Morgan fingerprint density at radius 3 is 2.33 bits per heavy atom. The Morgan fingerprint density at radius 1 is 1.12 bits per heavy atom. The summed E-state index contributed by atoms with van der Waals surface area (Å²) in [5.74, 6) is 0.719. The average Bonchev–Trinajstić information content (AvgIpc) is 2.57. The van der Waals surface area contributed by atoms with Crippen molar-refractivity contribution in [3.05, 3.63) is 60.2 Å². The van der Waals surface area contributed by atoms with Crippen LogP contribution in [0.4, 0.5) is 11.4 Å². The monoisotopic (exact) mass is 324 g/mol. The lowest BCUT2D eigenvalue weighted by molar-refractivity contribution is -0.117. The number of carbonyl (C=O) groups excluding carboxylic acids is 1. The third-order valence-electron chi connectivity index (χ3n) is 3.71. The standard InChI is InChI=1S/C19H24N4O/c1-14(23(2)3)21-16-9-11-17(12-10-16)22-19(24)18(20)13-15-7-5-4-6-8-15/h4-12,18H,13,20H2,1-3H3,(H,22,24). The summed E-state index contributed by atoms with van der Waals surface area (Å²) >= 11 is 0. The molecule has 3 N–H and O–H groups in total. The summed E-state index contributed by atoms with van der Waals surface area (Å²) in [5, 5.41) is 2.84. The fourth-order valence-electron chi connectivity index (χ4n) is 2.10. The zero-order chi connectivity index (χ0) is 17.5. The minimum Gasteiger partial charge on any atom is -0.366 e. The van der Waals surface area contributed by atoms with Gasteiger partial charge in [-0.25, -0.2) is 4.99 Å². The third-order valence-corrected chi connectivity index (χ3v) is 3.71. The van der Waals surface area contributed by atoms with Crippen LogP contribution in [0.3, 0.4) is 0 Å². The lowest BCUT2D eigenvalue weighted by Crippen LogP contribution is -2.37. The zero-order valence-corrected chi connectivity index (χ0v) is 14.4. The van der Waals surface area contributed by atoms with E-state index < -0.39 is 6.04 Å². The molecule has 1 atom stereocenters. The number of hydrogen-bond donors (Lipinski definition) is 2. The van der Waals surface area contributed by atoms with Gasteiger partial charge in [0.1, 0.15) is 5.84 Å². The Kier molecular flexibility index (Phi) is 6.09. The largest absolute Gasteiger partial charge is 0.366 e. The van der Waals surface area contributed by atoms with Gasteiger partial charge in [0.2, 0.25) is 5.91 Å². The fraction of sp³-hybridized carbons (Fsp3) is 0.263. The van der Waals surface area contributed by atoms with Gasteiger partial charge in [0.15, 0.2) is 0 Å². The first-order chi connectivity index (χ1) is 11.5. The number of carbonyl (C=O) groups is 1. The molecule has 0 heterocycles. The molecule has 2 aromatic rings. The number of hydrogen-bond acceptors (Lipinski definition) is 3. The minimum atomic E-state index is -0.582. The first-order valence-corrected chi connectivity index (χ1v) is 7.89. The zero-order valence-electron chi connectivity index (χ0n) is 14.4. The molecule has 126 valence electrons. The van der Waals surface area contributed by atoms with Gasteiger partial charge in [-0.2, -0.15) is 0 Å². The molecule has 1 unspecified atom stereocenters. The molecule has 0 saturated heterocycles. The van der Waals surface area contributed by atoms with Crippen molar-refractivity contribution >= 4 is 23.1 Å². The lowest BCUT2D eigenvalue weighted by atomic mass is 10.1. The molecule has 1 amide bonds. The predicted molar refractivity (Wildman–Crippen MR) is 99.6 cm³/mol. The molecule has 0 radical (unpaired) electrons. The van der Waals surface area contributed by atoms with Crippen LogP contribution < -0.4 is 11.1 Å². The molecule has 0 spiro atoms. The minimum absolute atomic E-state index is 0.195. The van der Waals surface area contributed by atoms with E-state index in [0.29, 0.717) is 12.1 Å². The highest BCUT2D eigenvalue weighted by molar-refractivity contribution is 5.95. The topological polar surface area (TPSA) is 70.7 Å². The highest BCUT2D eigenvalue weighted by Gasteiger charge is 2.14. The van der Waals surface area contributed by atoms with Gasteiger partial charge in [0, 0.05) is 19.8 Å². The molecule has 2 rings (SSSR count). The van der Waals surface area contributed by atoms with E-state index in [9.17, 15) is 4.79 Å². The Labute approximate surface area is 143 Å². The molecule has 2 aromatic carbocycles. The molecular weight excluding hydrogens is 300 g/mol. The van der Waals surface area contributed by atoms with E-state index in [0.717, 1.165) is 17.1 Å². The number of nitrogens with two attached hydrogens (primary N) is 1. The first-order valence-electron chi connectivity index (χ1n) is 7.89. The van der Waals surface area contributed by atoms with Gasteiger partial charge in [-0.15, -0.1) is 0 Å². The van der Waals surface area contributed by atoms with Gasteiger partial charge in [-0.3, -0.25) is 4.79 Å². The molecular formula is C19H24N4O. The van der Waals surface area contributed by atoms with Crippen LogP contribution in [-0.2, 0) is 11.2 Å². The number of anilines is 1. The van der Waals surface area contributed by atoms with Crippen molar-refractivity contribution < 1.29 is 4.79 Å². The fourth-order valence-corrected chi connectivity index (χ4v) is 2.10. The van der Waals surface area contributed by atoms with Gasteiger partial charge in [-0.1, -0.05) is 30.3 Å². The van der Waals surface area contributed by atoms with Crippen LogP contribution in [0.25, 0.3) is 0 Å². The van der Waals surface area contributed by atoms with Crippen molar-refractivity contribution in [1.82, 2.24) is 4.90 Å². The molecule has 24 heavy (non-hydrogen) atoms. The van der Waals surface area contributed by atoms with Crippen molar-refractivity contribution in [2.45, 2.75) is 19.4 Å². The van der Waals surface area contributed by atoms with E-state index in [1.165, 1.54) is 0 Å². The molecule has 0 aliphatic rings. The maximum Gasteiger partial charge on any atom is 0.241 e. The maximum absolute atomic E-state index is 12.2. The van der Waals surface area contributed by atoms with Crippen molar-refractivity contribution in [3.8, 4) is 0 Å². The van der Waals surface area contributed by atoms with Crippen LogP contribution in [-0.4, -0.2) is 36.8 Å². The third kappa shape index (κ3) is 5.21. The van der Waals surface area contributed by atoms with Gasteiger partial charge < -0.3 is 16.0 Å². The van der Waals surface area contributed by atoms with Gasteiger partial charge in [0.05, 0.1) is 11.7 Å². The number of nitrogens with zero attached hydrogens (tertiary/aromatic N) is 2. The number of benzene rings is 2. The quantitative estimate of drug-likeness (QED) is 0.656. The molecule has 0 saturated carbocycles. The lowest BCUT2D eigenvalue weighted by Gasteiger charge is -2.13. The van der Waals surface area contributed by atoms with E-state index in [2.05, 4.69) is 10.3 Å². The molecule has 0 aromatic heterocycles. The van der Waals surface area contributed by atoms with Crippen molar-refractivity contribution in [2.75, 3.05) is 19.4 Å². The second-order valence-electron chi connectivity index (χ2n) is 5.89. The molecule has 5 heteroatoms. The number of amides is 1. The van der Waals surface area contributed by atoms with Gasteiger partial charge in [0.25, 0.3) is 0 Å². The maximum atomic E-state index is 12.2. The summed E-state index contributed by atoms with van der Waals surface area (Å²) in [6, 6.07) is 16.6. The van der Waals surface area contributed by atoms with Crippen LogP contribution in [0.15, 0.2) is 59.6 Å². The van der Waals surface area contributed by atoms with Crippen molar-refractivity contribution in [2.24, 2.45) is 10.7 Å². The summed E-state index contributed by atoms with van der Waals surface area (Å²) in [6.07, 6.45) is 0.511. The van der Waals surface area contributed by atoms with E-state index in [-0.39, 0.29) is 5.91 Å². The second-order valence-corrected chi connectivity index (χ2v) is 5.89. The molecule has 0 fully saturated rings. The van der Waals surface area contributed by atoms with E-state index in [4.69, 9.17) is 5.73 Å². The van der Waals surface area contributed by atoms with Crippen molar-refractivity contribution in [1.29, 1.82) is 0 Å². The summed E-state index contributed by atoms with van der Waals surface area (Å²) in [4.78, 5) is 18.6. The van der Waals surface area contributed by atoms with Crippen LogP contribution in [0.1, 0.15) is 12.5 Å². The van der Waals surface area contributed by atoms with Gasteiger partial charge in [-0.05, 0) is 43.2 Å². The second kappa shape index (κ2) is 8.26. The molecule has 5 nitrogen and oxygen atoms in total. The number of nitrogens with one attached hydrogen (secondary N) is 1. The van der Waals surface area contributed by atoms with E-state index in [1.807, 2.05) is 80.5 Å².